The van der Waals surface area contributed by atoms with E-state index in [1.54, 1.807) is 11.8 Å². The highest BCUT2D eigenvalue weighted by Gasteiger charge is 2.40. The maximum Gasteiger partial charge on any atom is 0.224 e. The smallest absolute Gasteiger partial charge is 0.224 e. The molecule has 2 aliphatic carbocycles. The van der Waals surface area contributed by atoms with Gasteiger partial charge in [-0.1, -0.05) is 12.5 Å². The van der Waals surface area contributed by atoms with Crippen LogP contribution in [-0.2, 0) is 4.79 Å². The number of hydrogen-bond donors (Lipinski definition) is 1. The highest BCUT2D eigenvalue weighted by molar-refractivity contribution is 7.98. The minimum absolute atomic E-state index is 0.191. The second kappa shape index (κ2) is 5.58. The zero-order valence-corrected chi connectivity index (χ0v) is 12.2. The number of fused-ring (bicyclic) bond motifs is 2. The summed E-state index contributed by atoms with van der Waals surface area (Å²) in [6.45, 7) is 0. The van der Waals surface area contributed by atoms with Crippen LogP contribution in [0.1, 0.15) is 32.1 Å². The van der Waals surface area contributed by atoms with Crippen molar-refractivity contribution in [2.45, 2.75) is 37.0 Å². The van der Waals surface area contributed by atoms with Gasteiger partial charge in [0.1, 0.15) is 0 Å². The fourth-order valence-electron chi connectivity index (χ4n) is 3.78. The number of hydrogen-bond acceptors (Lipinski definition) is 2. The lowest BCUT2D eigenvalue weighted by atomic mass is 9.86. The van der Waals surface area contributed by atoms with Gasteiger partial charge in [0.15, 0.2) is 0 Å². The molecule has 0 spiro atoms. The lowest BCUT2D eigenvalue weighted by Crippen LogP contribution is -2.20. The molecule has 3 heteroatoms. The Morgan fingerprint density at radius 3 is 2.95 bits per heavy atom. The maximum atomic E-state index is 12.1. The second-order valence-electron chi connectivity index (χ2n) is 5.92. The summed E-state index contributed by atoms with van der Waals surface area (Å²) in [5.41, 5.74) is 0.931. The summed E-state index contributed by atoms with van der Waals surface area (Å²) in [6.07, 6.45) is 8.17. The van der Waals surface area contributed by atoms with Gasteiger partial charge in [0, 0.05) is 17.0 Å². The molecule has 0 unspecified atom stereocenters. The van der Waals surface area contributed by atoms with Crippen molar-refractivity contribution in [1.29, 1.82) is 0 Å². The zero-order valence-electron chi connectivity index (χ0n) is 11.4. The molecule has 102 valence electrons. The SMILES string of the molecule is CSc1cccc(NC(=O)C[C@H]2C[C@@H]3CC[C@@H]2C3)c1. The van der Waals surface area contributed by atoms with Crippen LogP contribution in [0.3, 0.4) is 0 Å². The molecule has 2 aliphatic rings. The van der Waals surface area contributed by atoms with E-state index in [0.29, 0.717) is 12.3 Å². The molecular formula is C16H21NOS. The quantitative estimate of drug-likeness (QED) is 0.835. The number of rotatable bonds is 4. The molecule has 1 aromatic rings. The van der Waals surface area contributed by atoms with Gasteiger partial charge in [-0.2, -0.15) is 0 Å². The van der Waals surface area contributed by atoms with E-state index in [1.165, 1.54) is 30.6 Å². The molecule has 2 nitrogen and oxygen atoms in total. The first-order valence-electron chi connectivity index (χ1n) is 7.18. The van der Waals surface area contributed by atoms with Crippen LogP contribution in [0.2, 0.25) is 0 Å². The first-order chi connectivity index (χ1) is 9.24. The molecule has 3 rings (SSSR count). The zero-order chi connectivity index (χ0) is 13.2. The summed E-state index contributed by atoms with van der Waals surface area (Å²) in [5.74, 6) is 2.58. The number of anilines is 1. The van der Waals surface area contributed by atoms with Crippen LogP contribution >= 0.6 is 11.8 Å². The molecule has 0 aliphatic heterocycles. The van der Waals surface area contributed by atoms with Crippen LogP contribution in [-0.4, -0.2) is 12.2 Å². The summed E-state index contributed by atoms with van der Waals surface area (Å²) >= 11 is 1.70. The molecule has 1 aromatic carbocycles. The van der Waals surface area contributed by atoms with E-state index in [-0.39, 0.29) is 5.91 Å². The third-order valence-electron chi connectivity index (χ3n) is 4.69. The number of benzene rings is 1. The van der Waals surface area contributed by atoms with Crippen molar-refractivity contribution in [3.05, 3.63) is 24.3 Å². The lowest BCUT2D eigenvalue weighted by Gasteiger charge is -2.20. The summed E-state index contributed by atoms with van der Waals surface area (Å²) in [5, 5.41) is 3.05. The molecule has 0 radical (unpaired) electrons. The van der Waals surface area contributed by atoms with Gasteiger partial charge in [-0.05, 0) is 61.5 Å². The van der Waals surface area contributed by atoms with Gasteiger partial charge in [0.2, 0.25) is 5.91 Å². The summed E-state index contributed by atoms with van der Waals surface area (Å²) in [6, 6.07) is 8.08. The Morgan fingerprint density at radius 2 is 2.26 bits per heavy atom. The van der Waals surface area contributed by atoms with Crippen molar-refractivity contribution in [2.24, 2.45) is 17.8 Å². The average molecular weight is 275 g/mol. The first kappa shape index (κ1) is 13.0. The topological polar surface area (TPSA) is 29.1 Å². The van der Waals surface area contributed by atoms with Gasteiger partial charge < -0.3 is 5.32 Å². The second-order valence-corrected chi connectivity index (χ2v) is 6.80. The Labute approximate surface area is 119 Å². The predicted octanol–water partition coefficient (Wildman–Crippen LogP) is 4.17. The van der Waals surface area contributed by atoms with Gasteiger partial charge in [-0.25, -0.2) is 0 Å². The summed E-state index contributed by atoms with van der Waals surface area (Å²) < 4.78 is 0. The number of thioether (sulfide) groups is 1. The number of carbonyl (C=O) groups excluding carboxylic acids is 1. The molecule has 2 fully saturated rings. The molecule has 0 saturated heterocycles. The van der Waals surface area contributed by atoms with Crippen molar-refractivity contribution < 1.29 is 4.79 Å². The predicted molar refractivity (Wildman–Crippen MR) is 80.4 cm³/mol. The molecule has 3 atom stereocenters. The van der Waals surface area contributed by atoms with Crippen LogP contribution in [0.5, 0.6) is 0 Å². The molecule has 19 heavy (non-hydrogen) atoms. The summed E-state index contributed by atoms with van der Waals surface area (Å²) in [7, 11) is 0. The van der Waals surface area contributed by atoms with Gasteiger partial charge in [-0.15, -0.1) is 11.8 Å². The largest absolute Gasteiger partial charge is 0.326 e. The van der Waals surface area contributed by atoms with Crippen molar-refractivity contribution in [3.8, 4) is 0 Å². The third kappa shape index (κ3) is 2.97. The van der Waals surface area contributed by atoms with E-state index in [0.717, 1.165) is 17.5 Å². The number of amides is 1. The Morgan fingerprint density at radius 1 is 1.37 bits per heavy atom. The van der Waals surface area contributed by atoms with Crippen molar-refractivity contribution in [3.63, 3.8) is 0 Å². The molecule has 1 N–H and O–H groups in total. The minimum Gasteiger partial charge on any atom is -0.326 e. The molecular weight excluding hydrogens is 254 g/mol. The van der Waals surface area contributed by atoms with E-state index in [4.69, 9.17) is 0 Å². The van der Waals surface area contributed by atoms with E-state index in [2.05, 4.69) is 17.6 Å². The highest BCUT2D eigenvalue weighted by Crippen LogP contribution is 2.49. The van der Waals surface area contributed by atoms with E-state index in [9.17, 15) is 4.79 Å². The van der Waals surface area contributed by atoms with Gasteiger partial charge >= 0.3 is 0 Å². The van der Waals surface area contributed by atoms with Gasteiger partial charge in [-0.3, -0.25) is 4.79 Å². The Hall–Kier alpha value is -0.960. The molecule has 0 aromatic heterocycles. The van der Waals surface area contributed by atoms with Crippen LogP contribution in [0.15, 0.2) is 29.2 Å². The standard InChI is InChI=1S/C16H21NOS/c1-19-15-4-2-3-14(10-15)17-16(18)9-13-8-11-5-6-12(13)7-11/h2-4,10-13H,5-9H2,1H3,(H,17,18)/t11-,12-,13-/m1/s1. The van der Waals surface area contributed by atoms with Crippen molar-refractivity contribution in [2.75, 3.05) is 11.6 Å². The fraction of sp³-hybridized carbons (Fsp3) is 0.562. The van der Waals surface area contributed by atoms with Crippen LogP contribution in [0, 0.1) is 17.8 Å². The van der Waals surface area contributed by atoms with Crippen LogP contribution in [0.4, 0.5) is 5.69 Å². The molecule has 1 amide bonds. The molecule has 2 bridgehead atoms. The summed E-state index contributed by atoms with van der Waals surface area (Å²) in [4.78, 5) is 13.3. The molecule has 0 heterocycles. The third-order valence-corrected chi connectivity index (χ3v) is 5.41. The Kier molecular flexibility index (Phi) is 3.83. The van der Waals surface area contributed by atoms with E-state index in [1.807, 2.05) is 18.2 Å². The molecule has 2 saturated carbocycles. The number of carbonyl (C=O) groups is 1. The minimum atomic E-state index is 0.191. The van der Waals surface area contributed by atoms with Gasteiger partial charge in [0.25, 0.3) is 0 Å². The maximum absolute atomic E-state index is 12.1. The van der Waals surface area contributed by atoms with Crippen molar-refractivity contribution in [1.82, 2.24) is 0 Å². The Balaban J connectivity index is 1.56. The van der Waals surface area contributed by atoms with E-state index >= 15 is 0 Å². The Bertz CT molecular complexity index is 474. The monoisotopic (exact) mass is 275 g/mol. The van der Waals surface area contributed by atoms with Crippen LogP contribution in [0.25, 0.3) is 0 Å². The van der Waals surface area contributed by atoms with Crippen LogP contribution < -0.4 is 5.32 Å². The van der Waals surface area contributed by atoms with E-state index < -0.39 is 0 Å². The lowest BCUT2D eigenvalue weighted by molar-refractivity contribution is -0.117. The normalized spacial score (nSPS) is 28.6. The van der Waals surface area contributed by atoms with Crippen molar-refractivity contribution >= 4 is 23.4 Å². The number of nitrogens with one attached hydrogen (secondary N) is 1. The first-order valence-corrected chi connectivity index (χ1v) is 8.41. The average Bonchev–Trinajstić information content (AvgIpc) is 3.01. The van der Waals surface area contributed by atoms with Gasteiger partial charge in [0.05, 0.1) is 0 Å². The highest BCUT2D eigenvalue weighted by atomic mass is 32.2. The fourth-order valence-corrected chi connectivity index (χ4v) is 4.24.